The summed E-state index contributed by atoms with van der Waals surface area (Å²) < 4.78 is 21.3. The smallest absolute Gasteiger partial charge is 0.352 e. The van der Waals surface area contributed by atoms with Crippen LogP contribution in [-0.4, -0.2) is 46.5 Å². The molecule has 124 valence electrons. The van der Waals surface area contributed by atoms with Crippen molar-refractivity contribution in [3.63, 3.8) is 0 Å². The number of nitrogens with zero attached hydrogens (tertiary/aromatic N) is 4. The summed E-state index contributed by atoms with van der Waals surface area (Å²) in [6.07, 6.45) is 0.933. The second-order valence-electron chi connectivity index (χ2n) is 5.12. The van der Waals surface area contributed by atoms with Crippen LogP contribution >= 0.6 is 11.6 Å². The molecule has 7 nitrogen and oxygen atoms in total. The Balaban J connectivity index is 2.45. The molecule has 0 N–H and O–H groups in total. The summed E-state index contributed by atoms with van der Waals surface area (Å²) in [7, 11) is 5.05. The largest absolute Gasteiger partial charge is 0.491 e. The van der Waals surface area contributed by atoms with E-state index in [1.54, 1.807) is 0 Å². The molecule has 23 heavy (non-hydrogen) atoms. The molecule has 0 aliphatic heterocycles. The van der Waals surface area contributed by atoms with Gasteiger partial charge in [-0.2, -0.15) is 9.78 Å². The van der Waals surface area contributed by atoms with Crippen molar-refractivity contribution < 1.29 is 9.13 Å². The van der Waals surface area contributed by atoms with Crippen LogP contribution in [0.25, 0.3) is 5.69 Å². The Kier molecular flexibility index (Phi) is 5.17. The fraction of sp³-hybridized carbons (Fsp3) is 0.357. The molecule has 0 unspecified atom stereocenters. The minimum Gasteiger partial charge on any atom is -0.491 e. The molecule has 0 atom stereocenters. The average molecular weight is 343 g/mol. The highest BCUT2D eigenvalue weighted by Crippen LogP contribution is 2.28. The van der Waals surface area contributed by atoms with Crippen molar-refractivity contribution in [2.75, 3.05) is 27.2 Å². The van der Waals surface area contributed by atoms with Crippen molar-refractivity contribution in [1.82, 2.24) is 19.2 Å². The molecule has 0 spiro atoms. The summed E-state index contributed by atoms with van der Waals surface area (Å²) in [5.74, 6) is -0.518. The van der Waals surface area contributed by atoms with Crippen LogP contribution in [0.4, 0.5) is 4.39 Å². The molecule has 0 amide bonds. The van der Waals surface area contributed by atoms with Gasteiger partial charge in [0.15, 0.2) is 5.82 Å². The number of rotatable bonds is 5. The zero-order valence-electron chi connectivity index (χ0n) is 12.9. The third-order valence-electron chi connectivity index (χ3n) is 3.11. The Morgan fingerprint density at radius 1 is 1.35 bits per heavy atom. The number of likely N-dealkylation sites (N-methyl/N-ethyl adjacent to an activating group) is 1. The second kappa shape index (κ2) is 6.93. The van der Waals surface area contributed by atoms with Crippen molar-refractivity contribution in [1.29, 1.82) is 0 Å². The fourth-order valence-corrected chi connectivity index (χ4v) is 1.98. The minimum atomic E-state index is -0.766. The first-order chi connectivity index (χ1) is 10.8. The van der Waals surface area contributed by atoms with Gasteiger partial charge in [0.25, 0.3) is 5.56 Å². The van der Waals surface area contributed by atoms with E-state index >= 15 is 0 Å². The zero-order valence-corrected chi connectivity index (χ0v) is 13.7. The van der Waals surface area contributed by atoms with E-state index in [-0.39, 0.29) is 16.5 Å². The molecule has 0 fully saturated rings. The Labute approximate surface area is 136 Å². The van der Waals surface area contributed by atoms with E-state index in [2.05, 4.69) is 5.10 Å². The van der Waals surface area contributed by atoms with E-state index in [1.807, 2.05) is 19.0 Å². The maximum absolute atomic E-state index is 14.1. The van der Waals surface area contributed by atoms with Crippen LogP contribution in [0.2, 0.25) is 5.02 Å². The molecular formula is C14H16ClFN4O3. The minimum absolute atomic E-state index is 0.0860. The highest BCUT2D eigenvalue weighted by molar-refractivity contribution is 6.32. The zero-order chi connectivity index (χ0) is 17.1. The van der Waals surface area contributed by atoms with Crippen molar-refractivity contribution in [3.05, 3.63) is 50.0 Å². The van der Waals surface area contributed by atoms with Crippen LogP contribution < -0.4 is 16.0 Å². The van der Waals surface area contributed by atoms with Gasteiger partial charge in [-0.05, 0) is 20.2 Å². The standard InChI is InChI=1S/C14H16ClFN4O3/c1-18(2)4-5-23-12-7-11(10(16)6-9(12)15)20-14(22)19(3)13(21)8-17-20/h6-8H,4-5H2,1-3H3. The third-order valence-corrected chi connectivity index (χ3v) is 3.40. The molecule has 1 aromatic carbocycles. The lowest BCUT2D eigenvalue weighted by Crippen LogP contribution is -2.38. The first-order valence-electron chi connectivity index (χ1n) is 6.73. The molecule has 0 bridgehead atoms. The molecule has 1 heterocycles. The van der Waals surface area contributed by atoms with Crippen LogP contribution in [0, 0.1) is 5.82 Å². The van der Waals surface area contributed by atoms with E-state index in [9.17, 15) is 14.0 Å². The quantitative estimate of drug-likeness (QED) is 0.798. The predicted octanol–water partition coefficient (Wildman–Crippen LogP) is 0.664. The molecule has 1 aromatic heterocycles. The van der Waals surface area contributed by atoms with Gasteiger partial charge in [0, 0.05) is 19.7 Å². The molecule has 0 radical (unpaired) electrons. The predicted molar refractivity (Wildman–Crippen MR) is 84.1 cm³/mol. The number of hydrogen-bond donors (Lipinski definition) is 0. The van der Waals surface area contributed by atoms with Gasteiger partial charge in [0.2, 0.25) is 0 Å². The average Bonchev–Trinajstić information content (AvgIpc) is 2.48. The first kappa shape index (κ1) is 17.2. The normalized spacial score (nSPS) is 11.0. The van der Waals surface area contributed by atoms with Crippen LogP contribution in [0.5, 0.6) is 5.75 Å². The summed E-state index contributed by atoms with van der Waals surface area (Å²) >= 11 is 5.96. The van der Waals surface area contributed by atoms with E-state index < -0.39 is 17.1 Å². The van der Waals surface area contributed by atoms with Gasteiger partial charge in [0.1, 0.15) is 24.2 Å². The van der Waals surface area contributed by atoms with E-state index in [1.165, 1.54) is 13.1 Å². The summed E-state index contributed by atoms with van der Waals surface area (Å²) in [6.45, 7) is 0.981. The lowest BCUT2D eigenvalue weighted by Gasteiger charge is -2.14. The molecule has 2 rings (SSSR count). The maximum Gasteiger partial charge on any atom is 0.352 e. The monoisotopic (exact) mass is 342 g/mol. The van der Waals surface area contributed by atoms with Crippen LogP contribution in [0.1, 0.15) is 0 Å². The number of ether oxygens (including phenoxy) is 1. The highest BCUT2D eigenvalue weighted by atomic mass is 35.5. The Morgan fingerprint density at radius 3 is 2.70 bits per heavy atom. The van der Waals surface area contributed by atoms with E-state index in [0.717, 1.165) is 21.5 Å². The SMILES string of the molecule is CN(C)CCOc1cc(-n2ncc(=O)n(C)c2=O)c(F)cc1Cl. The lowest BCUT2D eigenvalue weighted by molar-refractivity contribution is 0.261. The first-order valence-corrected chi connectivity index (χ1v) is 7.11. The summed E-state index contributed by atoms with van der Waals surface area (Å²) in [4.78, 5) is 25.3. The van der Waals surface area contributed by atoms with Crippen LogP contribution in [0.3, 0.4) is 0 Å². The molecule has 0 saturated heterocycles. The second-order valence-corrected chi connectivity index (χ2v) is 5.53. The van der Waals surface area contributed by atoms with Gasteiger partial charge >= 0.3 is 5.69 Å². The number of aromatic nitrogens is 3. The van der Waals surface area contributed by atoms with Crippen molar-refractivity contribution in [3.8, 4) is 11.4 Å². The molecular weight excluding hydrogens is 327 g/mol. The summed E-state index contributed by atoms with van der Waals surface area (Å²) in [5, 5.41) is 3.76. The van der Waals surface area contributed by atoms with Gasteiger partial charge in [-0.15, -0.1) is 0 Å². The molecule has 2 aromatic rings. The third kappa shape index (κ3) is 3.77. The number of hydrogen-bond acceptors (Lipinski definition) is 5. The van der Waals surface area contributed by atoms with Crippen molar-refractivity contribution in [2.45, 2.75) is 0 Å². The Hall–Kier alpha value is -2.19. The lowest BCUT2D eigenvalue weighted by atomic mass is 10.3. The molecule has 9 heteroatoms. The van der Waals surface area contributed by atoms with Gasteiger partial charge < -0.3 is 9.64 Å². The Bertz CT molecular complexity index is 832. The van der Waals surface area contributed by atoms with Crippen LogP contribution in [0.15, 0.2) is 27.9 Å². The molecule has 0 saturated carbocycles. The number of halogens is 2. The maximum atomic E-state index is 14.1. The van der Waals surface area contributed by atoms with Gasteiger partial charge in [0.05, 0.1) is 5.02 Å². The molecule has 0 aliphatic rings. The van der Waals surface area contributed by atoms with Gasteiger partial charge in [-0.3, -0.25) is 9.36 Å². The van der Waals surface area contributed by atoms with Crippen molar-refractivity contribution in [2.24, 2.45) is 7.05 Å². The summed E-state index contributed by atoms with van der Waals surface area (Å²) in [6, 6.07) is 2.33. The van der Waals surface area contributed by atoms with Crippen molar-refractivity contribution >= 4 is 11.6 Å². The van der Waals surface area contributed by atoms with Gasteiger partial charge in [-0.1, -0.05) is 11.6 Å². The highest BCUT2D eigenvalue weighted by Gasteiger charge is 2.15. The topological polar surface area (TPSA) is 69.4 Å². The number of benzene rings is 1. The van der Waals surface area contributed by atoms with Gasteiger partial charge in [-0.25, -0.2) is 9.18 Å². The van der Waals surface area contributed by atoms with E-state index in [0.29, 0.717) is 13.2 Å². The van der Waals surface area contributed by atoms with E-state index in [4.69, 9.17) is 16.3 Å². The summed E-state index contributed by atoms with van der Waals surface area (Å²) in [5.41, 5.74) is -1.49. The van der Waals surface area contributed by atoms with Crippen LogP contribution in [-0.2, 0) is 7.05 Å². The molecule has 0 aliphatic carbocycles. The fourth-order valence-electron chi connectivity index (χ4n) is 1.77. The Morgan fingerprint density at radius 2 is 2.04 bits per heavy atom.